The lowest BCUT2D eigenvalue weighted by atomic mass is 9.81. The molecule has 3 atom stereocenters. The van der Waals surface area contributed by atoms with Crippen LogP contribution in [0, 0.1) is 12.8 Å². The Morgan fingerprint density at radius 3 is 2.64 bits per heavy atom. The molecule has 1 aliphatic carbocycles. The summed E-state index contributed by atoms with van der Waals surface area (Å²) >= 11 is 0. The highest BCUT2D eigenvalue weighted by Gasteiger charge is 2.48. The molecule has 2 N–H and O–H groups in total. The van der Waals surface area contributed by atoms with Crippen LogP contribution in [0.15, 0.2) is 29.0 Å². The molecule has 3 aromatic heterocycles. The fourth-order valence-corrected chi connectivity index (χ4v) is 5.20. The lowest BCUT2D eigenvalue weighted by Gasteiger charge is -2.33. The second-order valence-electron chi connectivity index (χ2n) is 10.1. The predicted molar refractivity (Wildman–Crippen MR) is 127 cm³/mol. The number of carbonyl (C=O) groups excluding carboxylic acids is 1. The number of carbonyl (C=O) groups is 1. The molecule has 212 valence electrons. The number of ether oxygens (including phenoxy) is 1. The first-order valence-corrected chi connectivity index (χ1v) is 12.5. The first-order valence-electron chi connectivity index (χ1n) is 12.5. The number of anilines is 1. The van der Waals surface area contributed by atoms with E-state index in [-0.39, 0.29) is 38.2 Å². The Balaban J connectivity index is 1.44. The zero-order chi connectivity index (χ0) is 27.9. The predicted octanol–water partition coefficient (Wildman–Crippen LogP) is 4.65. The molecule has 2 aliphatic rings. The summed E-state index contributed by atoms with van der Waals surface area (Å²) in [4.78, 5) is 18.2. The van der Waals surface area contributed by atoms with Crippen molar-refractivity contribution in [3.05, 3.63) is 41.5 Å². The van der Waals surface area contributed by atoms with Crippen molar-refractivity contribution in [1.82, 2.24) is 30.0 Å². The van der Waals surface area contributed by atoms with Gasteiger partial charge in [-0.1, -0.05) is 5.16 Å². The van der Waals surface area contributed by atoms with E-state index in [9.17, 15) is 26.7 Å². The van der Waals surface area contributed by atoms with Gasteiger partial charge in [-0.3, -0.25) is 0 Å². The summed E-state index contributed by atoms with van der Waals surface area (Å²) in [7, 11) is 1.39. The number of aryl methyl sites for hydroxylation is 1. The first kappa shape index (κ1) is 27.1. The van der Waals surface area contributed by atoms with Gasteiger partial charge in [0, 0.05) is 31.6 Å². The zero-order valence-corrected chi connectivity index (χ0v) is 21.2. The molecule has 1 saturated heterocycles. The Morgan fingerprint density at radius 2 is 2.03 bits per heavy atom. The van der Waals surface area contributed by atoms with Gasteiger partial charge in [0.25, 0.3) is 0 Å². The van der Waals surface area contributed by atoms with Gasteiger partial charge in [-0.2, -0.15) is 18.3 Å². The quantitative estimate of drug-likeness (QED) is 0.388. The highest BCUT2D eigenvalue weighted by atomic mass is 19.4. The van der Waals surface area contributed by atoms with E-state index < -0.39 is 42.8 Å². The van der Waals surface area contributed by atoms with Crippen LogP contribution in [0.1, 0.15) is 54.8 Å². The van der Waals surface area contributed by atoms with Gasteiger partial charge in [-0.25, -0.2) is 23.1 Å². The summed E-state index contributed by atoms with van der Waals surface area (Å²) in [5, 5.41) is 13.6. The van der Waals surface area contributed by atoms with Gasteiger partial charge in [-0.15, -0.1) is 0 Å². The molecule has 10 nitrogen and oxygen atoms in total. The number of methoxy groups -OCH3 is 1. The standard InChI is InChI=1S/C24H28F5N7O3/c1-13-7-19(34-39-13)33-21(14-3-5-23(25,26)6-4-14)16-10-36-20(31-16)8-15(9-30-36)17(12-38-2)35-11-18(24(27,28)29)32-22(35)37/h7-10,14,17-18,21H,3-6,11-12H2,1-2H3,(H,32,37)(H,33,34)/t17-,18+,21+/m1/s1. The number of rotatable bonds is 8. The number of halogens is 5. The summed E-state index contributed by atoms with van der Waals surface area (Å²) in [6, 6.07) is -0.837. The molecule has 39 heavy (non-hydrogen) atoms. The van der Waals surface area contributed by atoms with Crippen molar-refractivity contribution in [2.24, 2.45) is 5.92 Å². The summed E-state index contributed by atoms with van der Waals surface area (Å²) in [6.07, 6.45) is -1.40. The normalized spacial score (nSPS) is 21.8. The van der Waals surface area contributed by atoms with Crippen LogP contribution in [0.5, 0.6) is 0 Å². The second kappa shape index (κ2) is 10.2. The first-order chi connectivity index (χ1) is 18.4. The number of fused-ring (bicyclic) bond motifs is 1. The highest BCUT2D eigenvalue weighted by Crippen LogP contribution is 2.42. The Hall–Kier alpha value is -3.49. The maximum atomic E-state index is 13.9. The minimum Gasteiger partial charge on any atom is -0.382 e. The molecule has 1 aliphatic heterocycles. The van der Waals surface area contributed by atoms with Crippen LogP contribution in [0.4, 0.5) is 32.6 Å². The molecule has 0 spiro atoms. The van der Waals surface area contributed by atoms with Crippen molar-refractivity contribution >= 4 is 17.5 Å². The number of alkyl halides is 5. The fourth-order valence-electron chi connectivity index (χ4n) is 5.20. The SMILES string of the molecule is COC[C@H](c1cnn2cc([C@@H](Nc3cc(C)on3)C3CCC(F)(F)CC3)nc2c1)N1C[C@@H](C(F)(F)F)NC1=O. The monoisotopic (exact) mass is 557 g/mol. The Bertz CT molecular complexity index is 1320. The van der Waals surface area contributed by atoms with Crippen molar-refractivity contribution in [2.75, 3.05) is 25.6 Å². The van der Waals surface area contributed by atoms with E-state index in [1.54, 1.807) is 25.3 Å². The summed E-state index contributed by atoms with van der Waals surface area (Å²) in [5.74, 6) is -1.85. The molecule has 0 radical (unpaired) electrons. The third kappa shape index (κ3) is 5.77. The maximum absolute atomic E-state index is 13.9. The molecular formula is C24H28F5N7O3. The molecule has 1 saturated carbocycles. The second-order valence-corrected chi connectivity index (χ2v) is 10.1. The van der Waals surface area contributed by atoms with Gasteiger partial charge in [0.05, 0.1) is 43.3 Å². The maximum Gasteiger partial charge on any atom is 0.410 e. The lowest BCUT2D eigenvalue weighted by Crippen LogP contribution is -2.40. The average Bonchev–Trinajstić information content (AvgIpc) is 3.58. The minimum atomic E-state index is -4.59. The van der Waals surface area contributed by atoms with E-state index in [1.807, 2.05) is 5.32 Å². The van der Waals surface area contributed by atoms with E-state index in [4.69, 9.17) is 9.26 Å². The van der Waals surface area contributed by atoms with Gasteiger partial charge in [0.1, 0.15) is 11.8 Å². The average molecular weight is 558 g/mol. The smallest absolute Gasteiger partial charge is 0.382 e. The number of hydrogen-bond acceptors (Lipinski definition) is 7. The van der Waals surface area contributed by atoms with Crippen LogP contribution in [-0.4, -0.2) is 69.1 Å². The highest BCUT2D eigenvalue weighted by molar-refractivity contribution is 5.77. The van der Waals surface area contributed by atoms with Crippen LogP contribution < -0.4 is 10.6 Å². The number of urea groups is 1. The number of nitrogens with one attached hydrogen (secondary N) is 2. The number of hydrogen-bond donors (Lipinski definition) is 2. The minimum absolute atomic E-state index is 0.0601. The van der Waals surface area contributed by atoms with Crippen molar-refractivity contribution in [3.8, 4) is 0 Å². The van der Waals surface area contributed by atoms with Gasteiger partial charge in [0.2, 0.25) is 5.92 Å². The topological polar surface area (TPSA) is 110 Å². The number of amides is 2. The fraction of sp³-hybridized carbons (Fsp3) is 0.583. The van der Waals surface area contributed by atoms with E-state index in [0.29, 0.717) is 28.5 Å². The molecular weight excluding hydrogens is 529 g/mol. The molecule has 0 aromatic carbocycles. The lowest BCUT2D eigenvalue weighted by molar-refractivity contribution is -0.150. The molecule has 3 aromatic rings. The molecule has 2 fully saturated rings. The van der Waals surface area contributed by atoms with Crippen LogP contribution in [-0.2, 0) is 4.74 Å². The van der Waals surface area contributed by atoms with E-state index >= 15 is 0 Å². The molecule has 0 unspecified atom stereocenters. The molecule has 5 rings (SSSR count). The number of imidazole rings is 1. The van der Waals surface area contributed by atoms with Gasteiger partial charge in [0.15, 0.2) is 11.5 Å². The number of aromatic nitrogens is 4. The van der Waals surface area contributed by atoms with Gasteiger partial charge >= 0.3 is 12.2 Å². The van der Waals surface area contributed by atoms with Crippen LogP contribution in [0.3, 0.4) is 0 Å². The number of nitrogens with zero attached hydrogens (tertiary/aromatic N) is 5. The Morgan fingerprint density at radius 1 is 1.28 bits per heavy atom. The van der Waals surface area contributed by atoms with Crippen LogP contribution >= 0.6 is 0 Å². The van der Waals surface area contributed by atoms with Gasteiger partial charge in [-0.05, 0) is 31.7 Å². The molecule has 2 amide bonds. The van der Waals surface area contributed by atoms with Crippen LogP contribution in [0.25, 0.3) is 5.65 Å². The van der Waals surface area contributed by atoms with E-state index in [1.165, 1.54) is 17.8 Å². The van der Waals surface area contributed by atoms with Crippen molar-refractivity contribution in [2.45, 2.75) is 62.8 Å². The molecule has 15 heteroatoms. The molecule has 4 heterocycles. The van der Waals surface area contributed by atoms with Crippen molar-refractivity contribution in [3.63, 3.8) is 0 Å². The zero-order valence-electron chi connectivity index (χ0n) is 21.2. The van der Waals surface area contributed by atoms with Crippen molar-refractivity contribution < 1.29 is 36.0 Å². The Kier molecular flexibility index (Phi) is 7.11. The summed E-state index contributed by atoms with van der Waals surface area (Å²) in [5.41, 5.74) is 1.35. The summed E-state index contributed by atoms with van der Waals surface area (Å²) in [6.45, 7) is 1.10. The largest absolute Gasteiger partial charge is 0.410 e. The summed E-state index contributed by atoms with van der Waals surface area (Å²) < 4.78 is 79.4. The van der Waals surface area contributed by atoms with Crippen molar-refractivity contribution in [1.29, 1.82) is 0 Å². The third-order valence-electron chi connectivity index (χ3n) is 7.26. The van der Waals surface area contributed by atoms with Gasteiger partial charge < -0.3 is 24.8 Å². The van der Waals surface area contributed by atoms with Crippen LogP contribution in [0.2, 0.25) is 0 Å². The third-order valence-corrected chi connectivity index (χ3v) is 7.26. The Labute approximate surface area is 219 Å². The van der Waals surface area contributed by atoms with E-state index in [2.05, 4.69) is 20.6 Å². The van der Waals surface area contributed by atoms with E-state index in [0.717, 1.165) is 4.90 Å². The molecule has 0 bridgehead atoms.